The number of nitrogens with two attached hydrogens (primary N) is 1. The Morgan fingerprint density at radius 2 is 1.68 bits per heavy atom. The van der Waals surface area contributed by atoms with E-state index in [1.54, 1.807) is 0 Å². The molecular formula is C24H25ClF3N3O5S. The van der Waals surface area contributed by atoms with Crippen molar-refractivity contribution in [2.24, 2.45) is 17.6 Å². The van der Waals surface area contributed by atoms with Gasteiger partial charge in [-0.3, -0.25) is 9.59 Å². The van der Waals surface area contributed by atoms with Crippen LogP contribution >= 0.6 is 11.6 Å². The molecule has 0 aliphatic heterocycles. The largest absolute Gasteiger partial charge is 0.387 e. The number of carbonyl (C=O) groups excluding carboxylic acids is 2. The molecule has 0 aromatic heterocycles. The highest BCUT2D eigenvalue weighted by atomic mass is 35.5. The Labute approximate surface area is 216 Å². The Kier molecular flexibility index (Phi) is 7.57. The van der Waals surface area contributed by atoms with Gasteiger partial charge in [-0.1, -0.05) is 11.6 Å². The first-order valence-corrected chi connectivity index (χ1v) is 13.5. The third-order valence-corrected chi connectivity index (χ3v) is 9.96. The summed E-state index contributed by atoms with van der Waals surface area (Å²) >= 11 is 6.21. The van der Waals surface area contributed by atoms with E-state index in [0.29, 0.717) is 25.0 Å². The molecule has 37 heavy (non-hydrogen) atoms. The fraction of sp³-hybridized carbons (Fsp3) is 0.417. The highest BCUT2D eigenvalue weighted by Gasteiger charge is 2.55. The molecule has 0 spiro atoms. The maximum atomic E-state index is 13.6. The van der Waals surface area contributed by atoms with E-state index >= 15 is 0 Å². The third-order valence-electron chi connectivity index (χ3n) is 7.31. The molecule has 2 aliphatic carbocycles. The Morgan fingerprint density at radius 1 is 1.08 bits per heavy atom. The summed E-state index contributed by atoms with van der Waals surface area (Å²) in [7, 11) is -4.05. The first-order chi connectivity index (χ1) is 17.4. The van der Waals surface area contributed by atoms with E-state index in [0.717, 1.165) is 6.07 Å². The van der Waals surface area contributed by atoms with Gasteiger partial charge in [-0.25, -0.2) is 21.6 Å². The van der Waals surface area contributed by atoms with Crippen molar-refractivity contribution in [3.05, 3.63) is 58.4 Å². The van der Waals surface area contributed by atoms with Crippen LogP contribution in [0, 0.1) is 29.3 Å². The second kappa shape index (κ2) is 10.2. The molecule has 2 aliphatic rings. The minimum Gasteiger partial charge on any atom is -0.387 e. The highest BCUT2D eigenvalue weighted by Crippen LogP contribution is 2.52. The number of amides is 2. The van der Waals surface area contributed by atoms with Crippen LogP contribution in [0.4, 0.5) is 18.9 Å². The van der Waals surface area contributed by atoms with E-state index in [9.17, 15) is 36.3 Å². The Bertz CT molecular complexity index is 1320. The number of fused-ring (bicyclic) bond motifs is 2. The van der Waals surface area contributed by atoms with Crippen LogP contribution < -0.4 is 16.4 Å². The summed E-state index contributed by atoms with van der Waals surface area (Å²) in [5.74, 6) is -6.74. The summed E-state index contributed by atoms with van der Waals surface area (Å²) in [6.45, 7) is -0.248. The first kappa shape index (κ1) is 27.4. The van der Waals surface area contributed by atoms with Gasteiger partial charge >= 0.3 is 0 Å². The van der Waals surface area contributed by atoms with E-state index in [4.69, 9.17) is 17.3 Å². The number of sulfone groups is 1. The minimum absolute atomic E-state index is 0.0217. The summed E-state index contributed by atoms with van der Waals surface area (Å²) in [4.78, 5) is 24.0. The van der Waals surface area contributed by atoms with Crippen molar-refractivity contribution >= 4 is 38.9 Å². The number of nitrogens with one attached hydrogen (secondary N) is 2. The van der Waals surface area contributed by atoms with Crippen LogP contribution in [-0.4, -0.2) is 49.3 Å². The number of hydrogen-bond donors (Lipinski definition) is 4. The summed E-state index contributed by atoms with van der Waals surface area (Å²) in [5, 5.41) is 15.0. The van der Waals surface area contributed by atoms with Crippen LogP contribution in [-0.2, 0) is 14.6 Å². The smallest absolute Gasteiger partial charge is 0.255 e. The summed E-state index contributed by atoms with van der Waals surface area (Å²) in [6, 6.07) is 4.74. The molecule has 0 saturated heterocycles. The molecule has 5 N–H and O–H groups in total. The Morgan fingerprint density at radius 3 is 2.24 bits per heavy atom. The van der Waals surface area contributed by atoms with Gasteiger partial charge < -0.3 is 21.5 Å². The van der Waals surface area contributed by atoms with Crippen molar-refractivity contribution < 1.29 is 36.3 Å². The molecule has 4 rings (SSSR count). The lowest BCUT2D eigenvalue weighted by atomic mass is 9.74. The topological polar surface area (TPSA) is 139 Å². The van der Waals surface area contributed by atoms with Gasteiger partial charge in [-0.15, -0.1) is 0 Å². The van der Waals surface area contributed by atoms with Crippen LogP contribution in [0.3, 0.4) is 0 Å². The average Bonchev–Trinajstić information content (AvgIpc) is 3.01. The van der Waals surface area contributed by atoms with E-state index in [1.165, 1.54) is 12.1 Å². The molecule has 13 heteroatoms. The van der Waals surface area contributed by atoms with E-state index in [2.05, 4.69) is 10.6 Å². The molecule has 2 amide bonds. The minimum atomic E-state index is -4.05. The lowest BCUT2D eigenvalue weighted by Crippen LogP contribution is -2.55. The van der Waals surface area contributed by atoms with Crippen molar-refractivity contribution in [2.75, 3.05) is 18.4 Å². The molecule has 200 valence electrons. The second-order valence-corrected chi connectivity index (χ2v) is 12.0. The average molecular weight is 560 g/mol. The molecule has 2 aromatic rings. The quantitative estimate of drug-likeness (QED) is 0.385. The molecule has 2 fully saturated rings. The van der Waals surface area contributed by atoms with Gasteiger partial charge in [-0.05, 0) is 55.7 Å². The van der Waals surface area contributed by atoms with Crippen molar-refractivity contribution in [1.82, 2.24) is 5.32 Å². The molecule has 8 nitrogen and oxygen atoms in total. The lowest BCUT2D eigenvalue weighted by molar-refractivity contribution is -0.123. The number of anilines is 1. The number of benzene rings is 2. The standard InChI is InChI=1S/C24H25ClF3N3O5S/c25-17-4-1-12(23(33)31-15-8-18(26)22(28)19(27)9-15)5-20(17)37(35,36)16-6-13-2-3-14(7-16)24(13,34)11-30-21(32)10-29/h1,4-5,8-9,13-14,16,34H,2-3,6-7,10-11,29H2,(H,30,32)(H,31,33). The van der Waals surface area contributed by atoms with Crippen molar-refractivity contribution in [2.45, 2.75) is 41.4 Å². The predicted molar refractivity (Wildman–Crippen MR) is 129 cm³/mol. The zero-order valence-electron chi connectivity index (χ0n) is 19.4. The number of carbonyl (C=O) groups is 2. The van der Waals surface area contributed by atoms with Gasteiger partial charge in [0.1, 0.15) is 0 Å². The van der Waals surface area contributed by atoms with Crippen LogP contribution in [0.2, 0.25) is 5.02 Å². The first-order valence-electron chi connectivity index (χ1n) is 11.5. The molecular weight excluding hydrogens is 535 g/mol. The molecule has 2 unspecified atom stereocenters. The monoisotopic (exact) mass is 559 g/mol. The maximum absolute atomic E-state index is 13.6. The SMILES string of the molecule is NCC(=O)NCC1(O)C2CCC1CC(S(=O)(=O)c1cc(C(=O)Nc3cc(F)c(F)c(F)c3)ccc1Cl)C2. The molecule has 2 aromatic carbocycles. The summed E-state index contributed by atoms with van der Waals surface area (Å²) in [5.41, 5.74) is 3.56. The van der Waals surface area contributed by atoms with E-state index < -0.39 is 50.0 Å². The third kappa shape index (κ3) is 5.20. The zero-order valence-corrected chi connectivity index (χ0v) is 21.0. The highest BCUT2D eigenvalue weighted by molar-refractivity contribution is 7.92. The van der Waals surface area contributed by atoms with Gasteiger partial charge in [0.15, 0.2) is 27.3 Å². The van der Waals surface area contributed by atoms with Gasteiger partial charge in [-0.2, -0.15) is 0 Å². The van der Waals surface area contributed by atoms with E-state index in [-0.39, 0.29) is 58.9 Å². The fourth-order valence-corrected chi connectivity index (χ4v) is 7.74. The van der Waals surface area contributed by atoms with Gasteiger partial charge in [0.2, 0.25) is 5.91 Å². The maximum Gasteiger partial charge on any atom is 0.255 e. The predicted octanol–water partition coefficient (Wildman–Crippen LogP) is 2.78. The number of hydrogen-bond acceptors (Lipinski definition) is 6. The van der Waals surface area contributed by atoms with Crippen LogP contribution in [0.25, 0.3) is 0 Å². The number of aliphatic hydroxyl groups is 1. The molecule has 0 heterocycles. The van der Waals surface area contributed by atoms with Crippen molar-refractivity contribution in [3.63, 3.8) is 0 Å². The van der Waals surface area contributed by atoms with Gasteiger partial charge in [0.25, 0.3) is 5.91 Å². The van der Waals surface area contributed by atoms with E-state index in [1.807, 2.05) is 0 Å². The lowest BCUT2D eigenvalue weighted by Gasteiger charge is -2.42. The van der Waals surface area contributed by atoms with Gasteiger partial charge in [0.05, 0.1) is 27.3 Å². The van der Waals surface area contributed by atoms with Crippen LogP contribution in [0.15, 0.2) is 35.2 Å². The number of rotatable bonds is 7. The van der Waals surface area contributed by atoms with Crippen LogP contribution in [0.1, 0.15) is 36.0 Å². The Hall–Kier alpha value is -2.67. The summed E-state index contributed by atoms with van der Waals surface area (Å²) in [6.07, 6.45) is 1.45. The summed E-state index contributed by atoms with van der Waals surface area (Å²) < 4.78 is 67.4. The number of halogens is 4. The molecule has 2 atom stereocenters. The normalized spacial score (nSPS) is 25.1. The van der Waals surface area contributed by atoms with Crippen molar-refractivity contribution in [1.29, 1.82) is 0 Å². The zero-order chi connectivity index (χ0) is 27.1. The molecule has 0 radical (unpaired) electrons. The van der Waals surface area contributed by atoms with Crippen molar-refractivity contribution in [3.8, 4) is 0 Å². The Balaban J connectivity index is 1.55. The van der Waals surface area contributed by atoms with Crippen LogP contribution in [0.5, 0.6) is 0 Å². The fourth-order valence-electron chi connectivity index (χ4n) is 5.34. The van der Waals surface area contributed by atoms with Gasteiger partial charge in [0, 0.05) is 29.9 Å². The second-order valence-electron chi connectivity index (χ2n) is 9.43. The molecule has 2 saturated carbocycles. The molecule has 2 bridgehead atoms.